The first-order valence-electron chi connectivity index (χ1n) is 9.27. The lowest BCUT2D eigenvalue weighted by molar-refractivity contribution is -0.128. The maximum absolute atomic E-state index is 15.2. The highest BCUT2D eigenvalue weighted by Gasteiger charge is 2.47. The van der Waals surface area contributed by atoms with E-state index < -0.39 is 35.9 Å². The van der Waals surface area contributed by atoms with Crippen LogP contribution in [-0.2, 0) is 10.7 Å². The molecule has 0 spiro atoms. The van der Waals surface area contributed by atoms with Gasteiger partial charge in [0.2, 0.25) is 5.91 Å². The number of benzene rings is 2. The number of alkyl halides is 2. The first-order chi connectivity index (χ1) is 13.4. The molecule has 4 nitrogen and oxygen atoms in total. The minimum absolute atomic E-state index is 0.222. The topological polar surface area (TPSA) is 49.4 Å². The van der Waals surface area contributed by atoms with Crippen molar-refractivity contribution in [3.8, 4) is 0 Å². The molecule has 2 aromatic carbocycles. The molecule has 0 aliphatic carbocycles. The van der Waals surface area contributed by atoms with E-state index in [0.717, 1.165) is 4.90 Å². The van der Waals surface area contributed by atoms with Crippen LogP contribution in [0.2, 0.25) is 5.02 Å². The van der Waals surface area contributed by atoms with Crippen LogP contribution in [0, 0.1) is 6.92 Å². The fraction of sp³-hybridized carbons (Fsp3) is 0.364. The molecule has 154 valence electrons. The smallest absolute Gasteiger partial charge is 0.290 e. The summed E-state index contributed by atoms with van der Waals surface area (Å²) in [7, 11) is 0. The maximum Gasteiger partial charge on any atom is 0.290 e. The predicted molar refractivity (Wildman–Crippen MR) is 108 cm³/mol. The molecule has 7 heteroatoms. The Morgan fingerprint density at radius 1 is 1.17 bits per heavy atom. The molecule has 0 aromatic heterocycles. The zero-order valence-electron chi connectivity index (χ0n) is 16.7. The fourth-order valence-electron chi connectivity index (χ4n) is 3.59. The number of amides is 2. The van der Waals surface area contributed by atoms with Gasteiger partial charge < -0.3 is 10.2 Å². The number of hydrogen-bond donors (Lipinski definition) is 1. The van der Waals surface area contributed by atoms with Crippen LogP contribution in [0.5, 0.6) is 0 Å². The van der Waals surface area contributed by atoms with Crippen LogP contribution in [0.3, 0.4) is 0 Å². The van der Waals surface area contributed by atoms with Crippen molar-refractivity contribution in [2.45, 2.75) is 45.2 Å². The van der Waals surface area contributed by atoms with Crippen LogP contribution in [0.25, 0.3) is 0 Å². The second kappa shape index (κ2) is 7.41. The monoisotopic (exact) mass is 420 g/mol. The lowest BCUT2D eigenvalue weighted by Crippen LogP contribution is -2.48. The average Bonchev–Trinajstić information content (AvgIpc) is 2.85. The van der Waals surface area contributed by atoms with Gasteiger partial charge in [-0.05, 0) is 57.0 Å². The number of hydrogen-bond acceptors (Lipinski definition) is 2. The van der Waals surface area contributed by atoms with Crippen molar-refractivity contribution < 1.29 is 18.4 Å². The largest absolute Gasteiger partial charge is 0.349 e. The summed E-state index contributed by atoms with van der Waals surface area (Å²) in [5.74, 6) is -4.42. The zero-order valence-corrected chi connectivity index (χ0v) is 17.5. The van der Waals surface area contributed by atoms with Crippen molar-refractivity contribution in [3.63, 3.8) is 0 Å². The van der Waals surface area contributed by atoms with Crippen LogP contribution in [0.1, 0.15) is 53.9 Å². The number of carbonyl (C=O) groups excluding carboxylic acids is 2. The number of aryl methyl sites for hydroxylation is 1. The number of rotatable bonds is 4. The van der Waals surface area contributed by atoms with Crippen molar-refractivity contribution in [3.05, 3.63) is 69.7 Å². The summed E-state index contributed by atoms with van der Waals surface area (Å²) < 4.78 is 30.4. The molecule has 1 aliphatic heterocycles. The highest BCUT2D eigenvalue weighted by molar-refractivity contribution is 6.30. The van der Waals surface area contributed by atoms with Gasteiger partial charge in [-0.1, -0.05) is 35.9 Å². The van der Waals surface area contributed by atoms with E-state index in [4.69, 9.17) is 11.6 Å². The molecule has 1 aliphatic rings. The molecule has 2 aromatic rings. The second-order valence-corrected chi connectivity index (χ2v) is 8.76. The fourth-order valence-corrected chi connectivity index (χ4v) is 3.82. The molecule has 0 bridgehead atoms. The van der Waals surface area contributed by atoms with Crippen LogP contribution in [-0.4, -0.2) is 28.8 Å². The molecule has 0 saturated heterocycles. The highest BCUT2D eigenvalue weighted by Crippen LogP contribution is 2.40. The summed E-state index contributed by atoms with van der Waals surface area (Å²) in [5.41, 5.74) is 0.231. The van der Waals surface area contributed by atoms with Gasteiger partial charge in [0.05, 0.1) is 6.54 Å². The van der Waals surface area contributed by atoms with Crippen LogP contribution < -0.4 is 5.32 Å². The van der Waals surface area contributed by atoms with Crippen molar-refractivity contribution in [2.75, 3.05) is 6.54 Å². The van der Waals surface area contributed by atoms with Crippen LogP contribution in [0.4, 0.5) is 8.78 Å². The maximum atomic E-state index is 15.2. The van der Waals surface area contributed by atoms with Gasteiger partial charge in [0.1, 0.15) is 6.04 Å². The zero-order chi connectivity index (χ0) is 21.6. The van der Waals surface area contributed by atoms with Crippen molar-refractivity contribution >= 4 is 23.4 Å². The van der Waals surface area contributed by atoms with Gasteiger partial charge >= 0.3 is 0 Å². The Morgan fingerprint density at radius 3 is 2.45 bits per heavy atom. The molecular formula is C22H23ClF2N2O2. The van der Waals surface area contributed by atoms with Gasteiger partial charge in [-0.2, -0.15) is 8.78 Å². The van der Waals surface area contributed by atoms with E-state index in [9.17, 15) is 9.59 Å². The van der Waals surface area contributed by atoms with E-state index in [2.05, 4.69) is 5.32 Å². The van der Waals surface area contributed by atoms with Crippen LogP contribution in [0.15, 0.2) is 42.5 Å². The molecule has 1 atom stereocenters. The third-order valence-electron chi connectivity index (χ3n) is 4.76. The second-order valence-electron chi connectivity index (χ2n) is 8.33. The van der Waals surface area contributed by atoms with Crippen LogP contribution >= 0.6 is 11.6 Å². The summed E-state index contributed by atoms with van der Waals surface area (Å²) in [6.45, 7) is 6.02. The molecule has 3 rings (SSSR count). The molecule has 29 heavy (non-hydrogen) atoms. The van der Waals surface area contributed by atoms with E-state index in [-0.39, 0.29) is 11.1 Å². The minimum Gasteiger partial charge on any atom is -0.349 e. The summed E-state index contributed by atoms with van der Waals surface area (Å²) in [6, 6.07) is 9.52. The van der Waals surface area contributed by atoms with E-state index in [0.29, 0.717) is 16.1 Å². The van der Waals surface area contributed by atoms with Crippen molar-refractivity contribution in [2.24, 2.45) is 0 Å². The Hall–Kier alpha value is -2.47. The molecule has 0 saturated carbocycles. The molecule has 2 amide bonds. The molecule has 1 N–H and O–H groups in total. The predicted octanol–water partition coefficient (Wildman–Crippen LogP) is 4.85. The first-order valence-corrected chi connectivity index (χ1v) is 9.65. The number of nitrogens with one attached hydrogen (secondary N) is 1. The van der Waals surface area contributed by atoms with Gasteiger partial charge in [0.15, 0.2) is 0 Å². The molecule has 0 fully saturated rings. The summed E-state index contributed by atoms with van der Waals surface area (Å²) >= 11 is 5.89. The Labute approximate surface area is 173 Å². The molecular weight excluding hydrogens is 398 g/mol. The molecule has 1 heterocycles. The van der Waals surface area contributed by atoms with Gasteiger partial charge in [0.25, 0.3) is 11.8 Å². The normalized spacial score (nSPS) is 16.7. The number of halogens is 3. The quantitative estimate of drug-likeness (QED) is 0.768. The standard InChI is InChI=1S/C22H23ClF2N2O2/c1-13-11-14(23)9-10-17(13)22(24,25)12-27-18(19(28)26-21(2,3)4)15-7-5-6-8-16(15)20(27)29/h5-11,18H,12H2,1-4H3,(H,26,28). The number of nitrogens with zero attached hydrogens (tertiary/aromatic N) is 1. The van der Waals surface area contributed by atoms with Gasteiger partial charge in [-0.25, -0.2) is 0 Å². The van der Waals surface area contributed by atoms with E-state index in [1.807, 2.05) is 0 Å². The SMILES string of the molecule is Cc1cc(Cl)ccc1C(F)(F)CN1C(=O)c2ccccc2C1C(=O)NC(C)(C)C. The van der Waals surface area contributed by atoms with Gasteiger partial charge in [0, 0.05) is 21.7 Å². The lowest BCUT2D eigenvalue weighted by Gasteiger charge is -2.31. The Morgan fingerprint density at radius 2 is 1.83 bits per heavy atom. The Balaban J connectivity index is 1.99. The molecule has 0 radical (unpaired) electrons. The van der Waals surface area contributed by atoms with Gasteiger partial charge in [-0.15, -0.1) is 0 Å². The average molecular weight is 421 g/mol. The van der Waals surface area contributed by atoms with Crippen molar-refractivity contribution in [1.82, 2.24) is 10.2 Å². The highest BCUT2D eigenvalue weighted by atomic mass is 35.5. The van der Waals surface area contributed by atoms with E-state index in [1.54, 1.807) is 52.0 Å². The summed E-state index contributed by atoms with van der Waals surface area (Å²) in [5, 5.41) is 3.16. The molecule has 1 unspecified atom stereocenters. The first kappa shape index (κ1) is 21.2. The van der Waals surface area contributed by atoms with Gasteiger partial charge in [-0.3, -0.25) is 9.59 Å². The third kappa shape index (κ3) is 4.27. The van der Waals surface area contributed by atoms with E-state index >= 15 is 8.78 Å². The van der Waals surface area contributed by atoms with E-state index in [1.165, 1.54) is 18.2 Å². The Kier molecular flexibility index (Phi) is 5.43. The Bertz CT molecular complexity index is 970. The minimum atomic E-state index is -3.35. The third-order valence-corrected chi connectivity index (χ3v) is 4.99. The number of carbonyl (C=O) groups is 2. The number of fused-ring (bicyclic) bond motifs is 1. The summed E-state index contributed by atoms with van der Waals surface area (Å²) in [4.78, 5) is 26.8. The van der Waals surface area contributed by atoms with Crippen molar-refractivity contribution in [1.29, 1.82) is 0 Å². The summed E-state index contributed by atoms with van der Waals surface area (Å²) in [6.07, 6.45) is 0. The lowest BCUT2D eigenvalue weighted by atomic mass is 10.0.